The SMILES string of the molecule is c1ccc(N2c3ccc(-c4cccnc4)cc3B3c4cc(-c5cccnc5)ccc4N(c4cccc(-c5ncccn5)c4)c4cc(-c5ccc6ccccc6c5)cc2c43)cc1. The van der Waals surface area contributed by atoms with Crippen molar-refractivity contribution in [2.45, 2.75) is 0 Å². The van der Waals surface area contributed by atoms with Crippen LogP contribution in [-0.4, -0.2) is 26.6 Å². The van der Waals surface area contributed by atoms with Gasteiger partial charge in [0.2, 0.25) is 0 Å². The molecule has 5 heterocycles. The van der Waals surface area contributed by atoms with Crippen molar-refractivity contribution in [3.63, 3.8) is 0 Å². The molecule has 0 unspecified atom stereocenters. The molecule has 0 aliphatic carbocycles. The van der Waals surface area contributed by atoms with E-state index < -0.39 is 0 Å². The number of aromatic nitrogens is 4. The Labute approximate surface area is 354 Å². The van der Waals surface area contributed by atoms with Gasteiger partial charge in [0.1, 0.15) is 0 Å². The molecule has 6 nitrogen and oxygen atoms in total. The van der Waals surface area contributed by atoms with Crippen LogP contribution in [0.15, 0.2) is 213 Å². The van der Waals surface area contributed by atoms with E-state index in [1.165, 1.54) is 27.2 Å². The molecule has 0 N–H and O–H groups in total. The molecule has 7 aromatic carbocycles. The Balaban J connectivity index is 1.19. The molecule has 61 heavy (non-hydrogen) atoms. The molecule has 7 heteroatoms. The van der Waals surface area contributed by atoms with Crippen LogP contribution in [0.25, 0.3) is 55.5 Å². The minimum absolute atomic E-state index is 0.106. The molecule has 0 atom stereocenters. The number of hydrogen-bond donors (Lipinski definition) is 0. The van der Waals surface area contributed by atoms with Crippen LogP contribution in [0.3, 0.4) is 0 Å². The van der Waals surface area contributed by atoms with Gasteiger partial charge in [-0.1, -0.05) is 103 Å². The molecule has 0 saturated heterocycles. The topological polar surface area (TPSA) is 58.0 Å². The summed E-state index contributed by atoms with van der Waals surface area (Å²) in [6, 6.07) is 63.6. The molecule has 0 saturated carbocycles. The van der Waals surface area contributed by atoms with Gasteiger partial charge in [-0.05, 0) is 133 Å². The first-order chi connectivity index (χ1) is 30.2. The lowest BCUT2D eigenvalue weighted by molar-refractivity contribution is 1.17. The van der Waals surface area contributed by atoms with Crippen molar-refractivity contribution in [3.05, 3.63) is 213 Å². The van der Waals surface area contributed by atoms with Crippen LogP contribution >= 0.6 is 0 Å². The molecule has 0 amide bonds. The van der Waals surface area contributed by atoms with E-state index in [-0.39, 0.29) is 6.71 Å². The molecule has 0 radical (unpaired) electrons. The zero-order valence-corrected chi connectivity index (χ0v) is 33.0. The minimum Gasteiger partial charge on any atom is -0.311 e. The largest absolute Gasteiger partial charge is 0.311 e. The third kappa shape index (κ3) is 5.89. The lowest BCUT2D eigenvalue weighted by atomic mass is 9.33. The van der Waals surface area contributed by atoms with Crippen molar-refractivity contribution in [3.8, 4) is 44.8 Å². The maximum atomic E-state index is 4.65. The van der Waals surface area contributed by atoms with E-state index in [1.807, 2.05) is 43.0 Å². The summed E-state index contributed by atoms with van der Waals surface area (Å²) in [7, 11) is 0. The predicted molar refractivity (Wildman–Crippen MR) is 251 cm³/mol. The fourth-order valence-electron chi connectivity index (χ4n) is 9.33. The van der Waals surface area contributed by atoms with Crippen LogP contribution < -0.4 is 26.2 Å². The molecule has 284 valence electrons. The Morgan fingerprint density at radius 2 is 0.918 bits per heavy atom. The number of fused-ring (bicyclic) bond motifs is 5. The summed E-state index contributed by atoms with van der Waals surface area (Å²) in [5.41, 5.74) is 18.0. The zero-order valence-electron chi connectivity index (χ0n) is 33.0. The average molecular weight is 779 g/mol. The number of hydrogen-bond acceptors (Lipinski definition) is 6. The third-order valence-electron chi connectivity index (χ3n) is 12.1. The Bertz CT molecular complexity index is 3270. The van der Waals surface area contributed by atoms with Gasteiger partial charge in [-0.3, -0.25) is 9.97 Å². The van der Waals surface area contributed by atoms with Gasteiger partial charge >= 0.3 is 0 Å². The fraction of sp³-hybridized carbons (Fsp3) is 0. The smallest absolute Gasteiger partial charge is 0.252 e. The number of para-hydroxylation sites is 1. The molecule has 2 aliphatic rings. The summed E-state index contributed by atoms with van der Waals surface area (Å²) >= 11 is 0. The highest BCUT2D eigenvalue weighted by Crippen LogP contribution is 2.47. The van der Waals surface area contributed by atoms with Crippen LogP contribution in [0.4, 0.5) is 34.1 Å². The standard InChI is InChI=1S/C54H35BN6/c1-2-15-45(16-3-1)60-49-22-20-39(42-13-7-24-56-34-42)30-47(49)55-48-31-40(43-14-8-25-57-35-43)21-23-50(48)61(46-17-6-12-41(29-46)54-58-26-9-27-59-54)52-33-44(32-51(60)53(52)55)38-19-18-36-10-4-5-11-37(36)28-38/h1-35H. The molecule has 2 aliphatic heterocycles. The fourth-order valence-corrected chi connectivity index (χ4v) is 9.33. The predicted octanol–water partition coefficient (Wildman–Crippen LogP) is 11.2. The summed E-state index contributed by atoms with van der Waals surface area (Å²) in [4.78, 5) is 23.3. The maximum absolute atomic E-state index is 4.65. The van der Waals surface area contributed by atoms with Crippen molar-refractivity contribution < 1.29 is 0 Å². The number of pyridine rings is 2. The molecular formula is C54H35BN6. The monoisotopic (exact) mass is 778 g/mol. The van der Waals surface area contributed by atoms with E-state index in [0.717, 1.165) is 73.1 Å². The molecule has 10 aromatic rings. The van der Waals surface area contributed by atoms with Crippen molar-refractivity contribution >= 4 is 68.0 Å². The molecule has 3 aromatic heterocycles. The van der Waals surface area contributed by atoms with Crippen LogP contribution in [0.5, 0.6) is 0 Å². The first kappa shape index (κ1) is 34.8. The first-order valence-corrected chi connectivity index (χ1v) is 20.5. The summed E-state index contributed by atoms with van der Waals surface area (Å²) in [6.45, 7) is -0.106. The molecule has 0 bridgehead atoms. The van der Waals surface area contributed by atoms with Crippen LogP contribution in [-0.2, 0) is 0 Å². The van der Waals surface area contributed by atoms with Gasteiger partial charge in [-0.25, -0.2) is 9.97 Å². The van der Waals surface area contributed by atoms with E-state index in [0.29, 0.717) is 5.82 Å². The van der Waals surface area contributed by atoms with E-state index in [9.17, 15) is 0 Å². The summed E-state index contributed by atoms with van der Waals surface area (Å²) in [5, 5.41) is 2.42. The minimum atomic E-state index is -0.106. The summed E-state index contributed by atoms with van der Waals surface area (Å²) in [5.74, 6) is 0.686. The van der Waals surface area contributed by atoms with Crippen molar-refractivity contribution in [2.75, 3.05) is 9.80 Å². The highest BCUT2D eigenvalue weighted by atomic mass is 15.2. The van der Waals surface area contributed by atoms with Crippen molar-refractivity contribution in [2.24, 2.45) is 0 Å². The summed E-state index contributed by atoms with van der Waals surface area (Å²) < 4.78 is 0. The average Bonchev–Trinajstić information content (AvgIpc) is 3.34. The van der Waals surface area contributed by atoms with Gasteiger partial charge in [0.25, 0.3) is 6.71 Å². The normalized spacial score (nSPS) is 12.5. The van der Waals surface area contributed by atoms with Crippen LogP contribution in [0.2, 0.25) is 0 Å². The van der Waals surface area contributed by atoms with E-state index in [1.54, 1.807) is 12.4 Å². The zero-order chi connectivity index (χ0) is 40.3. The Morgan fingerprint density at radius 3 is 1.57 bits per heavy atom. The second-order valence-corrected chi connectivity index (χ2v) is 15.6. The van der Waals surface area contributed by atoms with Gasteiger partial charge in [-0.2, -0.15) is 0 Å². The second-order valence-electron chi connectivity index (χ2n) is 15.6. The van der Waals surface area contributed by atoms with Gasteiger partial charge < -0.3 is 9.80 Å². The van der Waals surface area contributed by atoms with Crippen LogP contribution in [0, 0.1) is 0 Å². The third-order valence-corrected chi connectivity index (χ3v) is 12.1. The molecule has 0 spiro atoms. The Hall–Kier alpha value is -8.16. The molecule has 12 rings (SSSR count). The van der Waals surface area contributed by atoms with Gasteiger partial charge in [-0.15, -0.1) is 0 Å². The highest BCUT2D eigenvalue weighted by molar-refractivity contribution is 7.00. The first-order valence-electron chi connectivity index (χ1n) is 20.5. The van der Waals surface area contributed by atoms with Gasteiger partial charge in [0.15, 0.2) is 5.82 Å². The lowest BCUT2D eigenvalue weighted by Crippen LogP contribution is -2.61. The summed E-state index contributed by atoms with van der Waals surface area (Å²) in [6.07, 6.45) is 11.2. The van der Waals surface area contributed by atoms with E-state index >= 15 is 0 Å². The number of nitrogens with zero attached hydrogens (tertiary/aromatic N) is 6. The maximum Gasteiger partial charge on any atom is 0.252 e. The Kier molecular flexibility index (Phi) is 8.16. The van der Waals surface area contributed by atoms with Crippen molar-refractivity contribution in [1.29, 1.82) is 0 Å². The molecule has 0 fully saturated rings. The van der Waals surface area contributed by atoms with E-state index in [4.69, 9.17) is 0 Å². The number of rotatable bonds is 6. The van der Waals surface area contributed by atoms with Crippen molar-refractivity contribution in [1.82, 2.24) is 19.9 Å². The number of benzene rings is 7. The van der Waals surface area contributed by atoms with E-state index in [2.05, 4.69) is 187 Å². The highest BCUT2D eigenvalue weighted by Gasteiger charge is 2.44. The van der Waals surface area contributed by atoms with Crippen LogP contribution in [0.1, 0.15) is 0 Å². The Morgan fingerprint density at radius 1 is 0.344 bits per heavy atom. The number of anilines is 6. The lowest BCUT2D eigenvalue weighted by Gasteiger charge is -2.44. The molecular weight excluding hydrogens is 743 g/mol. The van der Waals surface area contributed by atoms with Gasteiger partial charge in [0.05, 0.1) is 0 Å². The second kappa shape index (κ2) is 14.3. The van der Waals surface area contributed by atoms with Gasteiger partial charge in [0, 0.05) is 76.9 Å². The quantitative estimate of drug-likeness (QED) is 0.157.